The number of unbranched alkanes of at least 4 members (excludes halogenated alkanes) is 1. The van der Waals surface area contributed by atoms with Crippen LogP contribution in [0, 0.1) is 11.8 Å². The molecule has 0 saturated heterocycles. The molecular formula is C17H24N2O5S. The van der Waals surface area contributed by atoms with Crippen LogP contribution in [0.5, 0.6) is 0 Å². The smallest absolute Gasteiger partial charge is 0.306 e. The number of hydrogen-bond donors (Lipinski definition) is 3. The van der Waals surface area contributed by atoms with E-state index in [1.54, 1.807) is 24.3 Å². The molecular weight excluding hydrogens is 344 g/mol. The van der Waals surface area contributed by atoms with Gasteiger partial charge in [-0.15, -0.1) is 0 Å². The monoisotopic (exact) mass is 368 g/mol. The number of anilines is 2. The van der Waals surface area contributed by atoms with E-state index >= 15 is 0 Å². The summed E-state index contributed by atoms with van der Waals surface area (Å²) in [6.45, 7) is 1.93. The van der Waals surface area contributed by atoms with E-state index in [-0.39, 0.29) is 17.6 Å². The molecule has 2 rings (SSSR count). The minimum absolute atomic E-state index is 0.0778. The summed E-state index contributed by atoms with van der Waals surface area (Å²) in [7, 11) is -3.35. The molecule has 0 aliphatic heterocycles. The molecule has 8 heteroatoms. The van der Waals surface area contributed by atoms with Gasteiger partial charge in [-0.25, -0.2) is 8.42 Å². The van der Waals surface area contributed by atoms with Crippen LogP contribution in [0.4, 0.5) is 11.4 Å². The number of sulfonamides is 1. The lowest BCUT2D eigenvalue weighted by Crippen LogP contribution is -2.21. The number of amides is 1. The fourth-order valence-corrected chi connectivity index (χ4v) is 4.14. The highest BCUT2D eigenvalue weighted by Crippen LogP contribution is 2.32. The van der Waals surface area contributed by atoms with Gasteiger partial charge in [-0.05, 0) is 49.9 Å². The maximum Gasteiger partial charge on any atom is 0.306 e. The number of carboxylic acids is 1. The second kappa shape index (κ2) is 8.33. The predicted molar refractivity (Wildman–Crippen MR) is 95.9 cm³/mol. The summed E-state index contributed by atoms with van der Waals surface area (Å²) in [5, 5.41) is 11.8. The molecule has 25 heavy (non-hydrogen) atoms. The fraction of sp³-hybridized carbons (Fsp3) is 0.529. The highest BCUT2D eigenvalue weighted by atomic mass is 32.2. The third-order valence-electron chi connectivity index (χ3n) is 4.35. The molecule has 1 saturated carbocycles. The van der Waals surface area contributed by atoms with Crippen molar-refractivity contribution in [1.29, 1.82) is 0 Å². The van der Waals surface area contributed by atoms with Crippen molar-refractivity contribution in [3.63, 3.8) is 0 Å². The van der Waals surface area contributed by atoms with Crippen molar-refractivity contribution in [2.24, 2.45) is 11.8 Å². The first-order valence-corrected chi connectivity index (χ1v) is 10.1. The molecule has 0 spiro atoms. The zero-order valence-electron chi connectivity index (χ0n) is 14.2. The van der Waals surface area contributed by atoms with Crippen molar-refractivity contribution in [3.8, 4) is 0 Å². The minimum atomic E-state index is -3.35. The van der Waals surface area contributed by atoms with Gasteiger partial charge in [0.25, 0.3) is 0 Å². The molecule has 3 N–H and O–H groups in total. The second-order valence-corrected chi connectivity index (χ2v) is 8.23. The number of carboxylic acid groups (broad SMARTS) is 1. The molecule has 1 aromatic rings. The average Bonchev–Trinajstić information content (AvgIpc) is 3.05. The largest absolute Gasteiger partial charge is 0.481 e. The Balaban J connectivity index is 1.90. The topological polar surface area (TPSA) is 113 Å². The van der Waals surface area contributed by atoms with Crippen molar-refractivity contribution in [2.75, 3.05) is 15.8 Å². The van der Waals surface area contributed by atoms with Crippen LogP contribution in [-0.2, 0) is 19.6 Å². The van der Waals surface area contributed by atoms with Crippen LogP contribution in [0.3, 0.4) is 0 Å². The Morgan fingerprint density at radius 1 is 1.12 bits per heavy atom. The zero-order valence-corrected chi connectivity index (χ0v) is 15.0. The Kier molecular flexibility index (Phi) is 6.41. The summed E-state index contributed by atoms with van der Waals surface area (Å²) in [6.07, 6.45) is 2.85. The number of nitrogens with one attached hydrogen (secondary N) is 2. The molecule has 0 radical (unpaired) electrons. The van der Waals surface area contributed by atoms with E-state index in [1.807, 2.05) is 6.92 Å². The van der Waals surface area contributed by atoms with Crippen molar-refractivity contribution < 1.29 is 23.1 Å². The standard InChI is InChI=1S/C17H24N2O5S/c1-2-3-10-25(23,24)19-15-8-6-14(7-9-15)18-16(20)12-4-5-13(11-12)17(21)22/h6-9,12-13,19H,2-5,10-11H2,1H3,(H,18,20)(H,21,22)/t12-,13+/m1/s1. The van der Waals surface area contributed by atoms with Crippen LogP contribution in [0.2, 0.25) is 0 Å². The van der Waals surface area contributed by atoms with E-state index in [0.29, 0.717) is 37.1 Å². The number of benzene rings is 1. The van der Waals surface area contributed by atoms with Crippen molar-refractivity contribution in [2.45, 2.75) is 39.0 Å². The Hall–Kier alpha value is -2.09. The van der Waals surface area contributed by atoms with E-state index < -0.39 is 21.9 Å². The van der Waals surface area contributed by atoms with Crippen molar-refractivity contribution in [1.82, 2.24) is 0 Å². The Morgan fingerprint density at radius 3 is 2.28 bits per heavy atom. The van der Waals surface area contributed by atoms with E-state index in [1.165, 1.54) is 0 Å². The third kappa shape index (κ3) is 5.74. The highest BCUT2D eigenvalue weighted by Gasteiger charge is 2.33. The minimum Gasteiger partial charge on any atom is -0.481 e. The number of carbonyl (C=O) groups excluding carboxylic acids is 1. The third-order valence-corrected chi connectivity index (χ3v) is 5.72. The summed E-state index contributed by atoms with van der Waals surface area (Å²) in [4.78, 5) is 23.2. The lowest BCUT2D eigenvalue weighted by atomic mass is 10.0. The van der Waals surface area contributed by atoms with Gasteiger partial charge in [-0.1, -0.05) is 13.3 Å². The molecule has 0 heterocycles. The summed E-state index contributed by atoms with van der Waals surface area (Å²) in [5.74, 6) is -1.71. The van der Waals surface area contributed by atoms with Crippen LogP contribution in [0.25, 0.3) is 0 Å². The van der Waals surface area contributed by atoms with Gasteiger partial charge in [-0.3, -0.25) is 14.3 Å². The van der Waals surface area contributed by atoms with E-state index in [9.17, 15) is 18.0 Å². The summed E-state index contributed by atoms with van der Waals surface area (Å²) >= 11 is 0. The van der Waals surface area contributed by atoms with Gasteiger partial charge in [0.1, 0.15) is 0 Å². The van der Waals surface area contributed by atoms with Crippen molar-refractivity contribution >= 4 is 33.3 Å². The number of aliphatic carboxylic acids is 1. The van der Waals surface area contributed by atoms with Crippen LogP contribution in [0.1, 0.15) is 39.0 Å². The first-order valence-electron chi connectivity index (χ1n) is 8.45. The summed E-state index contributed by atoms with van der Waals surface area (Å²) in [5.41, 5.74) is 1.00. The molecule has 0 unspecified atom stereocenters. The Bertz CT molecular complexity index is 715. The first kappa shape index (κ1) is 19.2. The molecule has 0 aromatic heterocycles. The van der Waals surface area contributed by atoms with E-state index in [0.717, 1.165) is 6.42 Å². The van der Waals surface area contributed by atoms with Crippen LogP contribution >= 0.6 is 0 Å². The lowest BCUT2D eigenvalue weighted by Gasteiger charge is -2.12. The molecule has 1 aromatic carbocycles. The van der Waals surface area contributed by atoms with Gasteiger partial charge in [0.2, 0.25) is 15.9 Å². The van der Waals surface area contributed by atoms with Crippen LogP contribution in [-0.4, -0.2) is 31.2 Å². The molecule has 0 bridgehead atoms. The normalized spacial score (nSPS) is 20.2. The first-order chi connectivity index (χ1) is 11.8. The van der Waals surface area contributed by atoms with E-state index in [2.05, 4.69) is 10.0 Å². The molecule has 1 amide bonds. The number of rotatable bonds is 8. The lowest BCUT2D eigenvalue weighted by molar-refractivity contribution is -0.141. The quantitative estimate of drug-likeness (QED) is 0.653. The zero-order chi connectivity index (χ0) is 18.4. The maximum atomic E-state index is 12.2. The summed E-state index contributed by atoms with van der Waals surface area (Å²) in [6, 6.07) is 6.43. The fourth-order valence-electron chi connectivity index (χ4n) is 2.87. The molecule has 7 nitrogen and oxygen atoms in total. The average molecular weight is 368 g/mol. The number of hydrogen-bond acceptors (Lipinski definition) is 4. The van der Waals surface area contributed by atoms with Gasteiger partial charge in [0.05, 0.1) is 11.7 Å². The van der Waals surface area contributed by atoms with Crippen LogP contribution < -0.4 is 10.0 Å². The second-order valence-electron chi connectivity index (χ2n) is 6.39. The number of carbonyl (C=O) groups is 2. The Labute approximate surface area is 147 Å². The molecule has 1 aliphatic carbocycles. The van der Waals surface area contributed by atoms with Crippen LogP contribution in [0.15, 0.2) is 24.3 Å². The molecule has 138 valence electrons. The molecule has 1 fully saturated rings. The Morgan fingerprint density at radius 2 is 1.72 bits per heavy atom. The van der Waals surface area contributed by atoms with Gasteiger partial charge < -0.3 is 10.4 Å². The van der Waals surface area contributed by atoms with Gasteiger partial charge in [0.15, 0.2) is 0 Å². The SMILES string of the molecule is CCCCS(=O)(=O)Nc1ccc(NC(=O)[C@@H]2CC[C@H](C(=O)O)C2)cc1. The van der Waals surface area contributed by atoms with Crippen molar-refractivity contribution in [3.05, 3.63) is 24.3 Å². The molecule has 1 aliphatic rings. The van der Waals surface area contributed by atoms with Gasteiger partial charge in [-0.2, -0.15) is 0 Å². The van der Waals surface area contributed by atoms with Gasteiger partial charge >= 0.3 is 5.97 Å². The van der Waals surface area contributed by atoms with E-state index in [4.69, 9.17) is 5.11 Å². The highest BCUT2D eigenvalue weighted by molar-refractivity contribution is 7.92. The van der Waals surface area contributed by atoms with Gasteiger partial charge in [0, 0.05) is 17.3 Å². The molecule has 2 atom stereocenters. The predicted octanol–water partition coefficient (Wildman–Crippen LogP) is 2.67. The summed E-state index contributed by atoms with van der Waals surface area (Å²) < 4.78 is 26.2. The maximum absolute atomic E-state index is 12.2.